The van der Waals surface area contributed by atoms with Crippen molar-refractivity contribution in [3.8, 4) is 0 Å². The van der Waals surface area contributed by atoms with E-state index in [0.29, 0.717) is 29.6 Å². The zero-order chi connectivity index (χ0) is 14.7. The van der Waals surface area contributed by atoms with E-state index in [1.165, 1.54) is 6.42 Å². The highest BCUT2D eigenvalue weighted by Crippen LogP contribution is 2.54. The van der Waals surface area contributed by atoms with Crippen LogP contribution in [0, 0.1) is 23.7 Å². The summed E-state index contributed by atoms with van der Waals surface area (Å²) in [7, 11) is -1.74. The predicted molar refractivity (Wildman–Crippen MR) is 84.0 cm³/mol. The molecular weight excluding hydrogens is 264 g/mol. The zero-order valence-electron chi connectivity index (χ0n) is 13.5. The van der Waals surface area contributed by atoms with Gasteiger partial charge in [-0.1, -0.05) is 32.9 Å². The van der Waals surface area contributed by atoms with Crippen molar-refractivity contribution in [2.75, 3.05) is 0 Å². The highest BCUT2D eigenvalue weighted by atomic mass is 28.4. The molecule has 20 heavy (non-hydrogen) atoms. The predicted octanol–water partition coefficient (Wildman–Crippen LogP) is 4.18. The molecule has 5 atom stereocenters. The standard InChI is InChI=1S/C17H28O2Si/c1-17(2,3)20(4,5)19-14-9-8-13(18)15-11-6-7-12(10-11)16(14)15/h6-7,11-12,14-16H,8-10H2,1-5H3/t11-,12+,14-,15+,16-/m1/s1. The van der Waals surface area contributed by atoms with Crippen LogP contribution in [-0.2, 0) is 9.22 Å². The van der Waals surface area contributed by atoms with Crippen molar-refractivity contribution >= 4 is 14.1 Å². The van der Waals surface area contributed by atoms with Crippen LogP contribution in [0.4, 0.5) is 0 Å². The van der Waals surface area contributed by atoms with Crippen LogP contribution in [0.1, 0.15) is 40.0 Å². The minimum Gasteiger partial charge on any atom is -0.414 e. The van der Waals surface area contributed by atoms with Crippen LogP contribution in [0.5, 0.6) is 0 Å². The molecule has 0 aliphatic heterocycles. The van der Waals surface area contributed by atoms with Crippen molar-refractivity contribution in [2.24, 2.45) is 23.7 Å². The van der Waals surface area contributed by atoms with E-state index in [1.807, 2.05) is 0 Å². The Morgan fingerprint density at radius 2 is 1.85 bits per heavy atom. The summed E-state index contributed by atoms with van der Waals surface area (Å²) in [5, 5.41) is 0.247. The first-order chi connectivity index (χ1) is 9.21. The van der Waals surface area contributed by atoms with Crippen molar-refractivity contribution in [1.29, 1.82) is 0 Å². The Kier molecular flexibility index (Phi) is 3.30. The first-order valence-electron chi connectivity index (χ1n) is 8.09. The van der Waals surface area contributed by atoms with Gasteiger partial charge < -0.3 is 4.43 Å². The average molecular weight is 292 g/mol. The summed E-state index contributed by atoms with van der Waals surface area (Å²) in [6.07, 6.45) is 7.84. The van der Waals surface area contributed by atoms with E-state index < -0.39 is 8.32 Å². The fourth-order valence-electron chi connectivity index (χ4n) is 4.16. The lowest BCUT2D eigenvalue weighted by molar-refractivity contribution is -0.131. The van der Waals surface area contributed by atoms with Crippen LogP contribution < -0.4 is 0 Å². The molecule has 0 radical (unpaired) electrons. The minimum atomic E-state index is -1.74. The van der Waals surface area contributed by atoms with E-state index in [-0.39, 0.29) is 11.0 Å². The van der Waals surface area contributed by atoms with Gasteiger partial charge >= 0.3 is 0 Å². The maximum Gasteiger partial charge on any atom is 0.192 e. The second kappa shape index (κ2) is 4.54. The lowest BCUT2D eigenvalue weighted by Crippen LogP contribution is -2.50. The van der Waals surface area contributed by atoms with Gasteiger partial charge in [0, 0.05) is 24.4 Å². The van der Waals surface area contributed by atoms with Gasteiger partial charge in [-0.3, -0.25) is 4.79 Å². The van der Waals surface area contributed by atoms with E-state index in [2.05, 4.69) is 46.0 Å². The van der Waals surface area contributed by atoms with Crippen molar-refractivity contribution in [2.45, 2.75) is 64.3 Å². The van der Waals surface area contributed by atoms with Crippen molar-refractivity contribution in [1.82, 2.24) is 0 Å². The number of hydrogen-bond donors (Lipinski definition) is 0. The molecule has 0 aromatic carbocycles. The molecule has 0 N–H and O–H groups in total. The quantitative estimate of drug-likeness (QED) is 0.564. The van der Waals surface area contributed by atoms with Crippen LogP contribution in [0.3, 0.4) is 0 Å². The molecule has 2 bridgehead atoms. The third kappa shape index (κ3) is 2.14. The molecule has 3 aliphatic rings. The molecule has 0 aromatic rings. The minimum absolute atomic E-state index is 0.247. The van der Waals surface area contributed by atoms with Crippen molar-refractivity contribution in [3.05, 3.63) is 12.2 Å². The first kappa shape index (κ1) is 14.5. The van der Waals surface area contributed by atoms with E-state index in [4.69, 9.17) is 4.43 Å². The van der Waals surface area contributed by atoms with Gasteiger partial charge in [0.2, 0.25) is 0 Å². The topological polar surface area (TPSA) is 26.3 Å². The molecule has 2 fully saturated rings. The summed E-state index contributed by atoms with van der Waals surface area (Å²) in [6, 6.07) is 0. The Morgan fingerprint density at radius 3 is 2.50 bits per heavy atom. The molecule has 3 rings (SSSR count). The summed E-state index contributed by atoms with van der Waals surface area (Å²) in [6.45, 7) is 11.6. The summed E-state index contributed by atoms with van der Waals surface area (Å²) in [5.41, 5.74) is 0. The van der Waals surface area contributed by atoms with Gasteiger partial charge in [-0.15, -0.1) is 0 Å². The fraction of sp³-hybridized carbons (Fsp3) is 0.824. The lowest BCUT2D eigenvalue weighted by atomic mass is 9.71. The second-order valence-corrected chi connectivity index (χ2v) is 13.2. The summed E-state index contributed by atoms with van der Waals surface area (Å²) >= 11 is 0. The number of allylic oxidation sites excluding steroid dienone is 2. The van der Waals surface area contributed by atoms with Gasteiger partial charge in [0.1, 0.15) is 5.78 Å². The third-order valence-corrected chi connectivity index (χ3v) is 10.8. The monoisotopic (exact) mass is 292 g/mol. The Balaban J connectivity index is 1.81. The smallest absolute Gasteiger partial charge is 0.192 e. The zero-order valence-corrected chi connectivity index (χ0v) is 14.5. The molecule has 0 spiro atoms. The molecule has 112 valence electrons. The second-order valence-electron chi connectivity index (χ2n) is 8.47. The molecule has 0 unspecified atom stereocenters. The number of hydrogen-bond acceptors (Lipinski definition) is 2. The number of ketones is 1. The van der Waals surface area contributed by atoms with Gasteiger partial charge in [0.15, 0.2) is 8.32 Å². The number of Topliss-reactive ketones (excluding diaryl/α,β-unsaturated/α-hetero) is 1. The molecule has 2 nitrogen and oxygen atoms in total. The molecule has 0 aromatic heterocycles. The molecule has 3 heteroatoms. The fourth-order valence-corrected chi connectivity index (χ4v) is 5.54. The average Bonchev–Trinajstić information content (AvgIpc) is 2.92. The van der Waals surface area contributed by atoms with Crippen LogP contribution >= 0.6 is 0 Å². The Morgan fingerprint density at radius 1 is 1.20 bits per heavy atom. The Labute approximate surface area is 124 Å². The van der Waals surface area contributed by atoms with Crippen molar-refractivity contribution in [3.63, 3.8) is 0 Å². The number of fused-ring (bicyclic) bond motifs is 5. The van der Waals surface area contributed by atoms with Gasteiger partial charge in [-0.05, 0) is 42.8 Å². The van der Waals surface area contributed by atoms with E-state index in [9.17, 15) is 4.79 Å². The van der Waals surface area contributed by atoms with Crippen molar-refractivity contribution < 1.29 is 9.22 Å². The maximum atomic E-state index is 12.3. The maximum absolute atomic E-state index is 12.3. The summed E-state index contributed by atoms with van der Waals surface area (Å²) in [4.78, 5) is 12.3. The molecule has 0 heterocycles. The highest BCUT2D eigenvalue weighted by molar-refractivity contribution is 6.74. The van der Waals surface area contributed by atoms with Crippen LogP contribution in [0.15, 0.2) is 12.2 Å². The van der Waals surface area contributed by atoms with Crippen LogP contribution in [0.25, 0.3) is 0 Å². The molecule has 3 aliphatic carbocycles. The molecule has 0 amide bonds. The Bertz CT molecular complexity index is 446. The highest BCUT2D eigenvalue weighted by Gasteiger charge is 2.54. The number of carbonyl (C=O) groups excluding carboxylic acids is 1. The van der Waals surface area contributed by atoms with Gasteiger partial charge in [-0.25, -0.2) is 0 Å². The Hall–Kier alpha value is -0.413. The largest absolute Gasteiger partial charge is 0.414 e. The van der Waals surface area contributed by atoms with Gasteiger partial charge in [-0.2, -0.15) is 0 Å². The van der Waals surface area contributed by atoms with E-state index in [0.717, 1.165) is 12.8 Å². The third-order valence-electron chi connectivity index (χ3n) is 6.25. The van der Waals surface area contributed by atoms with E-state index >= 15 is 0 Å². The summed E-state index contributed by atoms with van der Waals surface area (Å²) in [5.74, 6) is 2.36. The molecule has 0 saturated heterocycles. The number of rotatable bonds is 2. The van der Waals surface area contributed by atoms with Crippen LogP contribution in [0.2, 0.25) is 18.1 Å². The summed E-state index contributed by atoms with van der Waals surface area (Å²) < 4.78 is 6.71. The first-order valence-corrected chi connectivity index (χ1v) is 11.0. The molecule has 2 saturated carbocycles. The van der Waals surface area contributed by atoms with Gasteiger partial charge in [0.05, 0.1) is 0 Å². The van der Waals surface area contributed by atoms with Crippen LogP contribution in [-0.4, -0.2) is 20.2 Å². The SMILES string of the molecule is CC(C)(C)[Si](C)(C)O[C@@H]1CCC(=O)[C@H]2[C@@H]1[C@H]1C=C[C@@H]2C1. The number of carbonyl (C=O) groups is 1. The lowest BCUT2D eigenvalue weighted by Gasteiger charge is -2.45. The van der Waals surface area contributed by atoms with E-state index in [1.54, 1.807) is 0 Å². The van der Waals surface area contributed by atoms with Gasteiger partial charge in [0.25, 0.3) is 0 Å². The normalized spacial score (nSPS) is 40.2. The molecular formula is C17H28O2Si.